The molecule has 204 valence electrons. The number of nitrogens with one attached hydrogen (secondary N) is 1. The molecular formula is C32H35NO4S2. The van der Waals surface area contributed by atoms with E-state index >= 15 is 0 Å². The third-order valence-electron chi connectivity index (χ3n) is 6.42. The van der Waals surface area contributed by atoms with Gasteiger partial charge in [0.25, 0.3) is 5.24 Å². The maximum Gasteiger partial charge on any atom is 0.286 e. The molecule has 0 aromatic heterocycles. The molecule has 39 heavy (non-hydrogen) atoms. The summed E-state index contributed by atoms with van der Waals surface area (Å²) in [4.78, 5) is 23.3. The van der Waals surface area contributed by atoms with Crippen molar-refractivity contribution in [3.05, 3.63) is 100 Å². The maximum atomic E-state index is 11.9. The smallest absolute Gasteiger partial charge is 0.286 e. The molecule has 1 aliphatic heterocycles. The molecule has 2 amide bonds. The summed E-state index contributed by atoms with van der Waals surface area (Å²) in [6.07, 6.45) is 6.91. The van der Waals surface area contributed by atoms with Gasteiger partial charge in [0, 0.05) is 6.42 Å². The van der Waals surface area contributed by atoms with Gasteiger partial charge in [-0.2, -0.15) is 0 Å². The Balaban J connectivity index is 1.28. The van der Waals surface area contributed by atoms with E-state index in [9.17, 15) is 9.59 Å². The fraction of sp³-hybridized carbons (Fsp3) is 0.312. The fourth-order valence-electron chi connectivity index (χ4n) is 4.47. The number of hydrogen-bond acceptors (Lipinski definition) is 6. The van der Waals surface area contributed by atoms with Gasteiger partial charge in [0.2, 0.25) is 5.91 Å². The Morgan fingerprint density at radius 3 is 2.44 bits per heavy atom. The van der Waals surface area contributed by atoms with Crippen LogP contribution in [0.25, 0.3) is 5.57 Å². The van der Waals surface area contributed by atoms with Gasteiger partial charge < -0.3 is 9.47 Å². The Kier molecular flexibility index (Phi) is 11.0. The minimum Gasteiger partial charge on any atom is -0.493 e. The lowest BCUT2D eigenvalue weighted by Gasteiger charge is -2.15. The van der Waals surface area contributed by atoms with E-state index in [4.69, 9.17) is 9.47 Å². The first-order valence-corrected chi connectivity index (χ1v) is 15.5. The van der Waals surface area contributed by atoms with Crippen LogP contribution in [0.3, 0.4) is 0 Å². The quantitative estimate of drug-likeness (QED) is 0.202. The zero-order valence-corrected chi connectivity index (χ0v) is 24.1. The molecule has 1 unspecified atom stereocenters. The monoisotopic (exact) mass is 561 g/mol. The molecule has 7 heteroatoms. The molecule has 1 aliphatic rings. The van der Waals surface area contributed by atoms with Crippen molar-refractivity contribution in [3.63, 3.8) is 0 Å². The SMILES string of the molecule is CCCc1cc(/C(=C\SC)CCc2ccccc2)ccc1OCCCOc1ccc(C2SC(=O)NC2=O)cc1. The van der Waals surface area contributed by atoms with E-state index in [-0.39, 0.29) is 11.1 Å². The predicted octanol–water partition coefficient (Wildman–Crippen LogP) is 7.85. The van der Waals surface area contributed by atoms with Crippen LogP contribution in [0.4, 0.5) is 4.79 Å². The average Bonchev–Trinajstić information content (AvgIpc) is 3.30. The minimum absolute atomic E-state index is 0.269. The topological polar surface area (TPSA) is 64.6 Å². The average molecular weight is 562 g/mol. The number of carbonyl (C=O) groups excluding carboxylic acids is 2. The van der Waals surface area contributed by atoms with E-state index in [2.05, 4.69) is 72.4 Å². The molecule has 1 atom stereocenters. The van der Waals surface area contributed by atoms with Crippen molar-refractivity contribution in [2.24, 2.45) is 0 Å². The summed E-state index contributed by atoms with van der Waals surface area (Å²) in [7, 11) is 0. The van der Waals surface area contributed by atoms with Crippen molar-refractivity contribution in [2.75, 3.05) is 19.5 Å². The van der Waals surface area contributed by atoms with Crippen LogP contribution >= 0.6 is 23.5 Å². The summed E-state index contributed by atoms with van der Waals surface area (Å²) >= 11 is 2.75. The van der Waals surface area contributed by atoms with Crippen molar-refractivity contribution in [3.8, 4) is 11.5 Å². The number of thioether (sulfide) groups is 2. The molecule has 0 radical (unpaired) electrons. The molecule has 3 aromatic rings. The lowest BCUT2D eigenvalue weighted by molar-refractivity contribution is -0.119. The third kappa shape index (κ3) is 8.41. The molecule has 1 heterocycles. The molecule has 5 nitrogen and oxygen atoms in total. The van der Waals surface area contributed by atoms with Gasteiger partial charge in [-0.1, -0.05) is 61.9 Å². The summed E-state index contributed by atoms with van der Waals surface area (Å²) in [6.45, 7) is 3.29. The fourth-order valence-corrected chi connectivity index (χ4v) is 5.84. The van der Waals surface area contributed by atoms with E-state index in [1.165, 1.54) is 22.3 Å². The first-order valence-electron chi connectivity index (χ1n) is 13.3. The Morgan fingerprint density at radius 1 is 0.974 bits per heavy atom. The van der Waals surface area contributed by atoms with Gasteiger partial charge in [0.05, 0.1) is 13.2 Å². The van der Waals surface area contributed by atoms with E-state index in [0.29, 0.717) is 13.2 Å². The summed E-state index contributed by atoms with van der Waals surface area (Å²) in [6, 6.07) is 24.5. The first-order chi connectivity index (χ1) is 19.1. The maximum absolute atomic E-state index is 11.9. The highest BCUT2D eigenvalue weighted by Gasteiger charge is 2.32. The number of aryl methyl sites for hydroxylation is 2. The van der Waals surface area contributed by atoms with Gasteiger partial charge in [-0.05, 0) is 94.8 Å². The summed E-state index contributed by atoms with van der Waals surface area (Å²) in [5.74, 6) is 1.40. The number of carbonyl (C=O) groups is 2. The van der Waals surface area contributed by atoms with Crippen molar-refractivity contribution in [1.82, 2.24) is 5.32 Å². The second kappa shape index (κ2) is 14.8. The number of imide groups is 1. The Labute approximate surface area is 239 Å². The van der Waals surface area contributed by atoms with E-state index in [1.54, 1.807) is 11.8 Å². The Bertz CT molecular complexity index is 1280. The summed E-state index contributed by atoms with van der Waals surface area (Å²) in [5, 5.41) is 3.79. The van der Waals surface area contributed by atoms with Crippen molar-refractivity contribution < 1.29 is 19.1 Å². The zero-order chi connectivity index (χ0) is 27.5. The standard InChI is InChI=1S/C32H35NO4S2/c1-3-8-26-21-25(27(22-38-2)12-11-23-9-5-4-6-10-23)15-18-29(26)37-20-7-19-36-28-16-13-24(14-17-28)30-31(34)33-32(35)39-30/h4-6,9-10,13-18,21-22,30H,3,7-8,11-12,19-20H2,1-2H3,(H,33,34,35)/b27-22-. The number of hydrogen-bond donors (Lipinski definition) is 1. The number of amides is 2. The number of rotatable bonds is 14. The largest absolute Gasteiger partial charge is 0.493 e. The van der Waals surface area contributed by atoms with E-state index < -0.39 is 5.25 Å². The number of benzene rings is 3. The van der Waals surface area contributed by atoms with Crippen LogP contribution in [0.1, 0.15) is 53.7 Å². The van der Waals surface area contributed by atoms with Gasteiger partial charge in [-0.15, -0.1) is 11.8 Å². The first kappa shape index (κ1) is 28.8. The van der Waals surface area contributed by atoms with Crippen LogP contribution < -0.4 is 14.8 Å². The van der Waals surface area contributed by atoms with Crippen molar-refractivity contribution >= 4 is 40.2 Å². The highest BCUT2D eigenvalue weighted by molar-refractivity contribution is 8.15. The Morgan fingerprint density at radius 2 is 1.74 bits per heavy atom. The van der Waals surface area contributed by atoms with E-state index in [1.807, 2.05) is 24.3 Å². The second-order valence-electron chi connectivity index (χ2n) is 9.33. The van der Waals surface area contributed by atoms with Gasteiger partial charge in [-0.3, -0.25) is 14.9 Å². The molecule has 1 N–H and O–H groups in total. The van der Waals surface area contributed by atoms with Crippen LogP contribution in [0.2, 0.25) is 0 Å². The van der Waals surface area contributed by atoms with Crippen molar-refractivity contribution in [2.45, 2.75) is 44.3 Å². The molecular weight excluding hydrogens is 526 g/mol. The summed E-state index contributed by atoms with van der Waals surface area (Å²) < 4.78 is 12.0. The van der Waals surface area contributed by atoms with E-state index in [0.717, 1.165) is 60.9 Å². The van der Waals surface area contributed by atoms with Gasteiger partial charge in [0.1, 0.15) is 16.7 Å². The minimum atomic E-state index is -0.486. The Hall–Kier alpha value is -3.16. The van der Waals surface area contributed by atoms with Crippen molar-refractivity contribution in [1.29, 1.82) is 0 Å². The lowest BCUT2D eigenvalue weighted by Crippen LogP contribution is -2.20. The second-order valence-corrected chi connectivity index (χ2v) is 11.1. The molecule has 1 saturated heterocycles. The molecule has 0 aliphatic carbocycles. The summed E-state index contributed by atoms with van der Waals surface area (Å²) in [5.41, 5.74) is 6.01. The van der Waals surface area contributed by atoms with Crippen LogP contribution in [-0.4, -0.2) is 30.6 Å². The third-order valence-corrected chi connectivity index (χ3v) is 7.98. The van der Waals surface area contributed by atoms with Gasteiger partial charge in [-0.25, -0.2) is 0 Å². The number of ether oxygens (including phenoxy) is 2. The van der Waals surface area contributed by atoms with Crippen LogP contribution in [0.15, 0.2) is 78.2 Å². The molecule has 0 saturated carbocycles. The normalized spacial score (nSPS) is 15.3. The van der Waals surface area contributed by atoms with Gasteiger partial charge in [0.15, 0.2) is 0 Å². The molecule has 0 bridgehead atoms. The van der Waals surface area contributed by atoms with Crippen LogP contribution in [0.5, 0.6) is 11.5 Å². The highest BCUT2D eigenvalue weighted by atomic mass is 32.2. The predicted molar refractivity (Wildman–Crippen MR) is 163 cm³/mol. The highest BCUT2D eigenvalue weighted by Crippen LogP contribution is 2.35. The number of allylic oxidation sites excluding steroid dienone is 1. The lowest BCUT2D eigenvalue weighted by atomic mass is 9.96. The zero-order valence-electron chi connectivity index (χ0n) is 22.5. The van der Waals surface area contributed by atoms with Gasteiger partial charge >= 0.3 is 0 Å². The van der Waals surface area contributed by atoms with Crippen LogP contribution in [-0.2, 0) is 17.6 Å². The van der Waals surface area contributed by atoms with Crippen LogP contribution in [0, 0.1) is 0 Å². The molecule has 0 spiro atoms. The molecule has 1 fully saturated rings. The molecule has 4 rings (SSSR count). The molecule has 3 aromatic carbocycles.